The van der Waals surface area contributed by atoms with E-state index in [0.717, 1.165) is 22.5 Å². The molecule has 2 N–H and O–H groups in total. The summed E-state index contributed by atoms with van der Waals surface area (Å²) in [7, 11) is 0. The number of aromatic amines is 1. The molecule has 6 heteroatoms. The number of nitrogens with zero attached hydrogens (tertiary/aromatic N) is 3. The normalized spacial score (nSPS) is 10.9. The maximum Gasteiger partial charge on any atom is 0.255 e. The number of carbonyl (C=O) groups excluding carboxylic acids is 1. The number of anilines is 1. The molecule has 0 bridgehead atoms. The van der Waals surface area contributed by atoms with E-state index in [4.69, 9.17) is 0 Å². The minimum atomic E-state index is -0.190. The molecule has 4 rings (SSSR count). The van der Waals surface area contributed by atoms with Crippen LogP contribution in [0.4, 0.5) is 5.69 Å². The van der Waals surface area contributed by atoms with Gasteiger partial charge in [-0.2, -0.15) is 5.10 Å². The van der Waals surface area contributed by atoms with Gasteiger partial charge in [-0.3, -0.25) is 14.5 Å². The standard InChI is InChI=1S/C18H15N5O/c1-12-21-16-9-13(18(24)22-14-10-19-20-11-14)7-8-17(16)23(12)15-5-3-2-4-6-15/h2-11H,1H3,(H,19,20)(H,22,24). The van der Waals surface area contributed by atoms with E-state index >= 15 is 0 Å². The molecule has 4 aromatic rings. The predicted molar refractivity (Wildman–Crippen MR) is 92.3 cm³/mol. The largest absolute Gasteiger partial charge is 0.319 e. The van der Waals surface area contributed by atoms with Crippen LogP contribution in [0.15, 0.2) is 60.9 Å². The lowest BCUT2D eigenvalue weighted by molar-refractivity contribution is 0.102. The van der Waals surface area contributed by atoms with Gasteiger partial charge in [0.25, 0.3) is 5.91 Å². The van der Waals surface area contributed by atoms with Gasteiger partial charge in [-0.05, 0) is 37.3 Å². The molecule has 0 spiro atoms. The van der Waals surface area contributed by atoms with Gasteiger partial charge in [0.1, 0.15) is 5.82 Å². The number of benzene rings is 2. The second-order valence-corrected chi connectivity index (χ2v) is 5.47. The third kappa shape index (κ3) is 2.44. The van der Waals surface area contributed by atoms with E-state index in [9.17, 15) is 4.79 Å². The molecule has 0 unspecified atom stereocenters. The summed E-state index contributed by atoms with van der Waals surface area (Å²) in [6.45, 7) is 1.96. The van der Waals surface area contributed by atoms with Crippen LogP contribution in [0, 0.1) is 6.92 Å². The minimum Gasteiger partial charge on any atom is -0.319 e. The monoisotopic (exact) mass is 317 g/mol. The molecule has 118 valence electrons. The number of H-pyrrole nitrogens is 1. The first-order valence-electron chi connectivity index (χ1n) is 7.57. The molecular formula is C18H15N5O. The molecule has 0 fully saturated rings. The summed E-state index contributed by atoms with van der Waals surface area (Å²) in [5.41, 5.74) is 4.00. The lowest BCUT2D eigenvalue weighted by Crippen LogP contribution is -2.11. The van der Waals surface area contributed by atoms with Crippen molar-refractivity contribution in [2.75, 3.05) is 5.32 Å². The zero-order valence-electron chi connectivity index (χ0n) is 13.0. The van der Waals surface area contributed by atoms with Gasteiger partial charge in [0.2, 0.25) is 0 Å². The number of aryl methyl sites for hydroxylation is 1. The molecule has 0 aliphatic heterocycles. The molecular weight excluding hydrogens is 302 g/mol. The topological polar surface area (TPSA) is 75.6 Å². The van der Waals surface area contributed by atoms with E-state index in [1.54, 1.807) is 24.5 Å². The lowest BCUT2D eigenvalue weighted by Gasteiger charge is -2.07. The maximum atomic E-state index is 12.3. The number of amides is 1. The van der Waals surface area contributed by atoms with Crippen LogP contribution >= 0.6 is 0 Å². The SMILES string of the molecule is Cc1nc2cc(C(=O)Nc3cn[nH]c3)ccc2n1-c1ccccc1. The molecule has 0 aliphatic carbocycles. The van der Waals surface area contributed by atoms with E-state index in [-0.39, 0.29) is 5.91 Å². The number of rotatable bonds is 3. The highest BCUT2D eigenvalue weighted by Gasteiger charge is 2.13. The first kappa shape index (κ1) is 14.2. The summed E-state index contributed by atoms with van der Waals surface area (Å²) in [6, 6.07) is 15.6. The molecule has 6 nitrogen and oxygen atoms in total. The number of fused-ring (bicyclic) bond motifs is 1. The van der Waals surface area contributed by atoms with Crippen LogP contribution in [0.1, 0.15) is 16.2 Å². The number of para-hydroxylation sites is 1. The number of nitrogens with one attached hydrogen (secondary N) is 2. The van der Waals surface area contributed by atoms with Crippen LogP contribution < -0.4 is 5.32 Å². The van der Waals surface area contributed by atoms with Crippen molar-refractivity contribution in [1.82, 2.24) is 19.7 Å². The van der Waals surface area contributed by atoms with E-state index in [1.807, 2.05) is 43.3 Å². The smallest absolute Gasteiger partial charge is 0.255 e. The second kappa shape index (κ2) is 5.66. The predicted octanol–water partition coefficient (Wildman–Crippen LogP) is 3.31. The van der Waals surface area contributed by atoms with E-state index in [0.29, 0.717) is 11.3 Å². The Labute approximate surface area is 138 Å². The van der Waals surface area contributed by atoms with Crippen molar-refractivity contribution in [2.24, 2.45) is 0 Å². The number of carbonyl (C=O) groups is 1. The van der Waals surface area contributed by atoms with Crippen molar-refractivity contribution in [3.63, 3.8) is 0 Å². The Hall–Kier alpha value is -3.41. The number of aromatic nitrogens is 4. The van der Waals surface area contributed by atoms with Gasteiger partial charge >= 0.3 is 0 Å². The first-order chi connectivity index (χ1) is 11.7. The van der Waals surface area contributed by atoms with Gasteiger partial charge in [-0.15, -0.1) is 0 Å². The molecule has 24 heavy (non-hydrogen) atoms. The fraction of sp³-hybridized carbons (Fsp3) is 0.0556. The third-order valence-electron chi connectivity index (χ3n) is 3.85. The molecule has 0 saturated heterocycles. The minimum absolute atomic E-state index is 0.190. The van der Waals surface area contributed by atoms with Crippen LogP contribution in [0.3, 0.4) is 0 Å². The quantitative estimate of drug-likeness (QED) is 0.608. The van der Waals surface area contributed by atoms with Crippen molar-refractivity contribution < 1.29 is 4.79 Å². The fourth-order valence-corrected chi connectivity index (χ4v) is 2.77. The van der Waals surface area contributed by atoms with Crippen molar-refractivity contribution in [3.8, 4) is 5.69 Å². The Kier molecular flexibility index (Phi) is 3.35. The first-order valence-corrected chi connectivity index (χ1v) is 7.57. The average Bonchev–Trinajstić information content (AvgIpc) is 3.21. The van der Waals surface area contributed by atoms with Gasteiger partial charge in [-0.25, -0.2) is 4.98 Å². The number of hydrogen-bond acceptors (Lipinski definition) is 3. The van der Waals surface area contributed by atoms with Crippen LogP contribution in [0.25, 0.3) is 16.7 Å². The van der Waals surface area contributed by atoms with E-state index < -0.39 is 0 Å². The van der Waals surface area contributed by atoms with Crippen molar-refractivity contribution in [2.45, 2.75) is 6.92 Å². The van der Waals surface area contributed by atoms with Gasteiger partial charge in [0, 0.05) is 17.4 Å². The number of hydrogen-bond donors (Lipinski definition) is 2. The number of imidazole rings is 1. The van der Waals surface area contributed by atoms with Crippen molar-refractivity contribution in [1.29, 1.82) is 0 Å². The Balaban J connectivity index is 1.73. The maximum absolute atomic E-state index is 12.3. The van der Waals surface area contributed by atoms with Crippen molar-refractivity contribution >= 4 is 22.6 Å². The zero-order chi connectivity index (χ0) is 16.5. The molecule has 0 atom stereocenters. The highest BCUT2D eigenvalue weighted by atomic mass is 16.1. The lowest BCUT2D eigenvalue weighted by atomic mass is 10.2. The molecule has 2 heterocycles. The second-order valence-electron chi connectivity index (χ2n) is 5.47. The van der Waals surface area contributed by atoms with Gasteiger partial charge < -0.3 is 5.32 Å². The summed E-state index contributed by atoms with van der Waals surface area (Å²) >= 11 is 0. The summed E-state index contributed by atoms with van der Waals surface area (Å²) < 4.78 is 2.08. The Morgan fingerprint density at radius 1 is 1.17 bits per heavy atom. The highest BCUT2D eigenvalue weighted by Crippen LogP contribution is 2.22. The summed E-state index contributed by atoms with van der Waals surface area (Å²) in [5, 5.41) is 9.27. The van der Waals surface area contributed by atoms with Gasteiger partial charge in [0.05, 0.1) is 22.9 Å². The molecule has 0 saturated carbocycles. The van der Waals surface area contributed by atoms with Gasteiger partial charge in [0.15, 0.2) is 0 Å². The summed E-state index contributed by atoms with van der Waals surface area (Å²) in [4.78, 5) is 16.9. The van der Waals surface area contributed by atoms with E-state index in [1.165, 1.54) is 0 Å². The van der Waals surface area contributed by atoms with Crippen molar-refractivity contribution in [3.05, 3.63) is 72.3 Å². The third-order valence-corrected chi connectivity index (χ3v) is 3.85. The molecule has 1 amide bonds. The highest BCUT2D eigenvalue weighted by molar-refractivity contribution is 6.05. The van der Waals surface area contributed by atoms with Crippen LogP contribution in [-0.4, -0.2) is 25.7 Å². The van der Waals surface area contributed by atoms with Crippen LogP contribution in [0.2, 0.25) is 0 Å². The van der Waals surface area contributed by atoms with Crippen LogP contribution in [-0.2, 0) is 0 Å². The zero-order valence-corrected chi connectivity index (χ0v) is 13.0. The molecule has 0 aliphatic rings. The Morgan fingerprint density at radius 3 is 2.75 bits per heavy atom. The summed E-state index contributed by atoms with van der Waals surface area (Å²) in [5.74, 6) is 0.689. The van der Waals surface area contributed by atoms with Crippen LogP contribution in [0.5, 0.6) is 0 Å². The molecule has 2 aromatic carbocycles. The summed E-state index contributed by atoms with van der Waals surface area (Å²) in [6.07, 6.45) is 3.19. The Morgan fingerprint density at radius 2 is 2.00 bits per heavy atom. The Bertz CT molecular complexity index is 1000. The fourth-order valence-electron chi connectivity index (χ4n) is 2.77. The van der Waals surface area contributed by atoms with Gasteiger partial charge in [-0.1, -0.05) is 18.2 Å². The molecule has 2 aromatic heterocycles. The molecule has 0 radical (unpaired) electrons. The average molecular weight is 317 g/mol. The van der Waals surface area contributed by atoms with E-state index in [2.05, 4.69) is 25.1 Å².